The van der Waals surface area contributed by atoms with Crippen LogP contribution in [0.4, 0.5) is 0 Å². The fraction of sp³-hybridized carbons (Fsp3) is 0.550. The second kappa shape index (κ2) is 6.97. The Morgan fingerprint density at radius 3 is 2.68 bits per heavy atom. The number of nitrogens with zero attached hydrogens (tertiary/aromatic N) is 2. The largest absolute Gasteiger partial charge is 0.383 e. The Balaban J connectivity index is 2.09. The van der Waals surface area contributed by atoms with E-state index in [2.05, 4.69) is 6.07 Å². The van der Waals surface area contributed by atoms with Gasteiger partial charge >= 0.3 is 0 Å². The van der Waals surface area contributed by atoms with Gasteiger partial charge in [-0.05, 0) is 24.3 Å². The molecule has 1 aliphatic heterocycles. The minimum absolute atomic E-state index is 0.0165. The van der Waals surface area contributed by atoms with Crippen molar-refractivity contribution in [2.75, 3.05) is 26.8 Å². The number of ketones is 1. The standard InChI is InChI=1S/C20H24N2O3/c1-14-17-8-9-22(10-11-25-2)19(24)20(17,12-15(13-21)18(14)23)16-6-4-3-5-7-16/h3-7,14-15,17H,8-12H2,1-2H3/t14-,15?,17-,20?/m0/s1. The summed E-state index contributed by atoms with van der Waals surface area (Å²) in [6, 6.07) is 11.8. The molecule has 25 heavy (non-hydrogen) atoms. The van der Waals surface area contributed by atoms with Gasteiger partial charge in [0.05, 0.1) is 18.1 Å². The highest BCUT2D eigenvalue weighted by Crippen LogP contribution is 2.51. The predicted molar refractivity (Wildman–Crippen MR) is 92.6 cm³/mol. The maximum absolute atomic E-state index is 13.6. The number of carbonyl (C=O) groups excluding carboxylic acids is 2. The molecule has 0 aromatic heterocycles. The fourth-order valence-corrected chi connectivity index (χ4v) is 4.65. The van der Waals surface area contributed by atoms with E-state index in [9.17, 15) is 14.9 Å². The van der Waals surface area contributed by atoms with Crippen molar-refractivity contribution in [1.29, 1.82) is 5.26 Å². The first kappa shape index (κ1) is 17.6. The molecule has 1 saturated heterocycles. The highest BCUT2D eigenvalue weighted by Gasteiger charge is 2.59. The fourth-order valence-electron chi connectivity index (χ4n) is 4.65. The van der Waals surface area contributed by atoms with E-state index in [1.54, 1.807) is 7.11 Å². The molecule has 3 rings (SSSR count). The van der Waals surface area contributed by atoms with Crippen LogP contribution in [0.25, 0.3) is 0 Å². The molecule has 1 aromatic rings. The first-order valence-corrected chi connectivity index (χ1v) is 8.83. The van der Waals surface area contributed by atoms with Crippen molar-refractivity contribution >= 4 is 11.7 Å². The van der Waals surface area contributed by atoms with Crippen LogP contribution >= 0.6 is 0 Å². The van der Waals surface area contributed by atoms with Crippen molar-refractivity contribution in [3.8, 4) is 6.07 Å². The van der Waals surface area contributed by atoms with Gasteiger partial charge in [0, 0.05) is 26.1 Å². The molecule has 0 radical (unpaired) electrons. The lowest BCUT2D eigenvalue weighted by atomic mass is 9.53. The van der Waals surface area contributed by atoms with Gasteiger partial charge in [-0.2, -0.15) is 5.26 Å². The van der Waals surface area contributed by atoms with Crippen LogP contribution in [0.5, 0.6) is 0 Å². The van der Waals surface area contributed by atoms with E-state index in [1.807, 2.05) is 42.2 Å². The maximum Gasteiger partial charge on any atom is 0.233 e. The molecule has 1 heterocycles. The Hall–Kier alpha value is -2.19. The van der Waals surface area contributed by atoms with E-state index in [-0.39, 0.29) is 29.9 Å². The van der Waals surface area contributed by atoms with Gasteiger partial charge in [0.15, 0.2) is 5.78 Å². The number of carbonyl (C=O) groups is 2. The maximum atomic E-state index is 13.6. The molecular weight excluding hydrogens is 316 g/mol. The van der Waals surface area contributed by atoms with Gasteiger partial charge in [-0.3, -0.25) is 9.59 Å². The van der Waals surface area contributed by atoms with Crippen molar-refractivity contribution in [2.45, 2.75) is 25.2 Å². The molecule has 1 amide bonds. The molecule has 1 aliphatic carbocycles. The number of benzene rings is 1. The second-order valence-electron chi connectivity index (χ2n) is 7.09. The molecular formula is C20H24N2O3. The summed E-state index contributed by atoms with van der Waals surface area (Å²) in [5.74, 6) is -1.05. The van der Waals surface area contributed by atoms with E-state index in [4.69, 9.17) is 4.74 Å². The van der Waals surface area contributed by atoms with Gasteiger partial charge in [0.25, 0.3) is 0 Å². The van der Waals surface area contributed by atoms with Crippen LogP contribution in [-0.2, 0) is 19.7 Å². The van der Waals surface area contributed by atoms with Crippen LogP contribution in [0.3, 0.4) is 0 Å². The van der Waals surface area contributed by atoms with Crippen molar-refractivity contribution in [2.24, 2.45) is 17.8 Å². The number of likely N-dealkylation sites (tertiary alicyclic amines) is 1. The molecule has 5 heteroatoms. The van der Waals surface area contributed by atoms with Crippen molar-refractivity contribution < 1.29 is 14.3 Å². The van der Waals surface area contributed by atoms with Crippen LogP contribution in [0.15, 0.2) is 30.3 Å². The Morgan fingerprint density at radius 2 is 2.04 bits per heavy atom. The Bertz CT molecular complexity index is 697. The minimum Gasteiger partial charge on any atom is -0.383 e. The summed E-state index contributed by atoms with van der Waals surface area (Å²) < 4.78 is 5.15. The van der Waals surface area contributed by atoms with Crippen LogP contribution in [0, 0.1) is 29.1 Å². The monoisotopic (exact) mass is 340 g/mol. The molecule has 2 unspecified atom stereocenters. The number of fused-ring (bicyclic) bond motifs is 1. The van der Waals surface area contributed by atoms with Crippen LogP contribution < -0.4 is 0 Å². The summed E-state index contributed by atoms with van der Waals surface area (Å²) in [6.07, 6.45) is 1.05. The molecule has 0 bridgehead atoms. The molecule has 132 valence electrons. The average molecular weight is 340 g/mol. The van der Waals surface area contributed by atoms with E-state index >= 15 is 0 Å². The van der Waals surface area contributed by atoms with Crippen LogP contribution in [0.2, 0.25) is 0 Å². The summed E-state index contributed by atoms with van der Waals surface area (Å²) in [6.45, 7) is 3.54. The van der Waals surface area contributed by atoms with Gasteiger partial charge in [0.2, 0.25) is 5.91 Å². The number of piperidine rings is 1. The minimum atomic E-state index is -0.791. The Kier molecular flexibility index (Phi) is 4.91. The number of ether oxygens (including phenoxy) is 1. The van der Waals surface area contributed by atoms with Gasteiger partial charge < -0.3 is 9.64 Å². The number of hydrogen-bond acceptors (Lipinski definition) is 4. The molecule has 1 saturated carbocycles. The zero-order valence-electron chi connectivity index (χ0n) is 14.8. The van der Waals surface area contributed by atoms with Gasteiger partial charge in [-0.25, -0.2) is 0 Å². The number of Topliss-reactive ketones (excluding diaryl/α,β-unsaturated/α-hetero) is 1. The second-order valence-corrected chi connectivity index (χ2v) is 7.09. The number of rotatable bonds is 4. The first-order chi connectivity index (χ1) is 12.1. The Labute approximate surface area is 148 Å². The molecule has 2 aliphatic rings. The van der Waals surface area contributed by atoms with E-state index in [0.29, 0.717) is 19.7 Å². The van der Waals surface area contributed by atoms with E-state index in [0.717, 1.165) is 12.0 Å². The molecule has 4 atom stereocenters. The Morgan fingerprint density at radius 1 is 1.32 bits per heavy atom. The summed E-state index contributed by atoms with van der Waals surface area (Å²) in [5.41, 5.74) is 0.132. The lowest BCUT2D eigenvalue weighted by Gasteiger charge is -2.52. The quantitative estimate of drug-likeness (QED) is 0.842. The van der Waals surface area contributed by atoms with E-state index < -0.39 is 11.3 Å². The lowest BCUT2D eigenvalue weighted by molar-refractivity contribution is -0.153. The predicted octanol–water partition coefficient (Wildman–Crippen LogP) is 2.17. The van der Waals surface area contributed by atoms with Gasteiger partial charge in [-0.15, -0.1) is 0 Å². The summed E-state index contributed by atoms with van der Waals surface area (Å²) >= 11 is 0. The SMILES string of the molecule is COCCN1CC[C@H]2[C@H](C)C(=O)C(C#N)CC2(c2ccccc2)C1=O. The highest BCUT2D eigenvalue weighted by atomic mass is 16.5. The summed E-state index contributed by atoms with van der Waals surface area (Å²) in [4.78, 5) is 28.0. The average Bonchev–Trinajstić information content (AvgIpc) is 2.65. The molecule has 0 spiro atoms. The third-order valence-corrected chi connectivity index (χ3v) is 5.94. The summed E-state index contributed by atoms with van der Waals surface area (Å²) in [7, 11) is 1.62. The van der Waals surface area contributed by atoms with Gasteiger partial charge in [-0.1, -0.05) is 37.3 Å². The first-order valence-electron chi connectivity index (χ1n) is 8.83. The molecule has 0 N–H and O–H groups in total. The topological polar surface area (TPSA) is 70.4 Å². The van der Waals surface area contributed by atoms with Crippen LogP contribution in [0.1, 0.15) is 25.3 Å². The zero-order valence-corrected chi connectivity index (χ0v) is 14.8. The highest BCUT2D eigenvalue weighted by molar-refractivity contribution is 5.95. The third-order valence-electron chi connectivity index (χ3n) is 5.94. The molecule has 1 aromatic carbocycles. The number of hydrogen-bond donors (Lipinski definition) is 0. The van der Waals surface area contributed by atoms with Crippen LogP contribution in [-0.4, -0.2) is 43.4 Å². The molecule has 5 nitrogen and oxygen atoms in total. The zero-order chi connectivity index (χ0) is 18.0. The third kappa shape index (κ3) is 2.75. The van der Waals surface area contributed by atoms with Crippen molar-refractivity contribution in [3.05, 3.63) is 35.9 Å². The smallest absolute Gasteiger partial charge is 0.233 e. The number of methoxy groups -OCH3 is 1. The molecule has 2 fully saturated rings. The van der Waals surface area contributed by atoms with Crippen molar-refractivity contribution in [3.63, 3.8) is 0 Å². The van der Waals surface area contributed by atoms with Crippen molar-refractivity contribution in [1.82, 2.24) is 4.90 Å². The van der Waals surface area contributed by atoms with E-state index in [1.165, 1.54) is 0 Å². The number of amides is 1. The number of nitriles is 1. The summed E-state index contributed by atoms with van der Waals surface area (Å²) in [5, 5.41) is 9.51. The lowest BCUT2D eigenvalue weighted by Crippen LogP contribution is -2.62. The van der Waals surface area contributed by atoms with Gasteiger partial charge in [0.1, 0.15) is 5.92 Å². The normalized spacial score (nSPS) is 32.2.